The second-order valence-electron chi connectivity index (χ2n) is 4.87. The van der Waals surface area contributed by atoms with Gasteiger partial charge in [0.05, 0.1) is 24.7 Å². The molecule has 5 heteroatoms. The van der Waals surface area contributed by atoms with E-state index in [1.165, 1.54) is 0 Å². The molecule has 0 bridgehead atoms. The molecule has 0 amide bonds. The van der Waals surface area contributed by atoms with Crippen molar-refractivity contribution < 1.29 is 4.74 Å². The molecule has 0 saturated heterocycles. The highest BCUT2D eigenvalue weighted by atomic mass is 16.5. The number of aromatic nitrogens is 2. The molecule has 1 aromatic heterocycles. The molecule has 0 spiro atoms. The fraction of sp³-hybridized carbons (Fsp3) is 0.333. The minimum absolute atomic E-state index is 0.101. The Hall–Kier alpha value is -2.32. The number of imidazole rings is 1. The smallest absolute Gasteiger partial charge is 0.136 e. The zero-order valence-corrected chi connectivity index (χ0v) is 11.7. The van der Waals surface area contributed by atoms with E-state index in [-0.39, 0.29) is 6.04 Å². The largest absolute Gasteiger partial charge is 0.495 e. The number of nitriles is 1. The van der Waals surface area contributed by atoms with Gasteiger partial charge in [-0.3, -0.25) is 0 Å². The summed E-state index contributed by atoms with van der Waals surface area (Å²) in [5.41, 5.74) is 8.31. The van der Waals surface area contributed by atoms with E-state index < -0.39 is 0 Å². The van der Waals surface area contributed by atoms with E-state index in [2.05, 4.69) is 11.1 Å². The van der Waals surface area contributed by atoms with Gasteiger partial charge in [0.1, 0.15) is 11.8 Å². The second-order valence-corrected chi connectivity index (χ2v) is 4.87. The molecule has 2 N–H and O–H groups in total. The van der Waals surface area contributed by atoms with Crippen LogP contribution in [0, 0.1) is 11.3 Å². The lowest BCUT2D eigenvalue weighted by molar-refractivity contribution is 0.413. The first-order valence-electron chi connectivity index (χ1n) is 6.45. The maximum Gasteiger partial charge on any atom is 0.136 e. The van der Waals surface area contributed by atoms with Crippen LogP contribution >= 0.6 is 0 Å². The maximum absolute atomic E-state index is 9.08. The molecule has 0 aliphatic rings. The number of benzene rings is 1. The fourth-order valence-electron chi connectivity index (χ4n) is 2.08. The summed E-state index contributed by atoms with van der Waals surface area (Å²) in [7, 11) is 1.56. The van der Waals surface area contributed by atoms with Crippen LogP contribution in [0.2, 0.25) is 0 Å². The second kappa shape index (κ2) is 6.22. The van der Waals surface area contributed by atoms with E-state index in [9.17, 15) is 0 Å². The van der Waals surface area contributed by atoms with Gasteiger partial charge in [0, 0.05) is 25.2 Å². The number of hydrogen-bond acceptors (Lipinski definition) is 4. The number of ether oxygens (including phenoxy) is 1. The summed E-state index contributed by atoms with van der Waals surface area (Å²) in [5.74, 6) is 0.597. The first-order valence-corrected chi connectivity index (χ1v) is 6.45. The van der Waals surface area contributed by atoms with Crippen molar-refractivity contribution >= 4 is 0 Å². The van der Waals surface area contributed by atoms with E-state index in [0.29, 0.717) is 17.9 Å². The summed E-state index contributed by atoms with van der Waals surface area (Å²) >= 11 is 0. The van der Waals surface area contributed by atoms with Crippen LogP contribution < -0.4 is 10.5 Å². The molecular weight excluding hydrogens is 252 g/mol. The molecule has 104 valence electrons. The molecule has 0 saturated carbocycles. The van der Waals surface area contributed by atoms with Crippen LogP contribution in [0.4, 0.5) is 0 Å². The molecule has 20 heavy (non-hydrogen) atoms. The molecule has 0 aliphatic heterocycles. The lowest BCUT2D eigenvalue weighted by Gasteiger charge is -2.06. The molecule has 5 nitrogen and oxygen atoms in total. The Balaban J connectivity index is 2.14. The summed E-state index contributed by atoms with van der Waals surface area (Å²) in [6.07, 6.45) is 4.53. The third kappa shape index (κ3) is 3.37. The predicted octanol–water partition coefficient (Wildman–Crippen LogP) is 1.70. The highest BCUT2D eigenvalue weighted by Gasteiger charge is 2.06. The van der Waals surface area contributed by atoms with E-state index in [1.54, 1.807) is 13.4 Å². The van der Waals surface area contributed by atoms with Gasteiger partial charge in [0.15, 0.2) is 0 Å². The Bertz CT molecular complexity index is 625. The molecule has 0 fully saturated rings. The standard InChI is InChI=1S/C15H18N4O/c1-11(17)5-14-9-19(10-18-14)8-12-3-4-15(20-2)13(6-12)7-16/h3-4,6,9-11H,5,8,17H2,1-2H3. The van der Waals surface area contributed by atoms with Crippen LogP contribution in [-0.4, -0.2) is 22.7 Å². The molecule has 1 unspecified atom stereocenters. The molecule has 1 heterocycles. The van der Waals surface area contributed by atoms with Crippen molar-refractivity contribution in [1.82, 2.24) is 9.55 Å². The number of rotatable bonds is 5. The van der Waals surface area contributed by atoms with Gasteiger partial charge < -0.3 is 15.0 Å². The Morgan fingerprint density at radius 2 is 2.30 bits per heavy atom. The van der Waals surface area contributed by atoms with Gasteiger partial charge in [0.2, 0.25) is 0 Å². The van der Waals surface area contributed by atoms with Crippen molar-refractivity contribution in [2.45, 2.75) is 25.9 Å². The highest BCUT2D eigenvalue weighted by molar-refractivity contribution is 5.45. The highest BCUT2D eigenvalue weighted by Crippen LogP contribution is 2.19. The average Bonchev–Trinajstić information content (AvgIpc) is 2.85. The molecule has 1 atom stereocenters. The fourth-order valence-corrected chi connectivity index (χ4v) is 2.08. The normalized spacial score (nSPS) is 11.9. The number of nitrogens with two attached hydrogens (primary N) is 1. The first-order chi connectivity index (χ1) is 9.62. The van der Waals surface area contributed by atoms with Gasteiger partial charge in [0.25, 0.3) is 0 Å². The summed E-state index contributed by atoms with van der Waals surface area (Å²) in [6, 6.07) is 7.84. The number of hydrogen-bond donors (Lipinski definition) is 1. The Morgan fingerprint density at radius 3 is 2.95 bits per heavy atom. The van der Waals surface area contributed by atoms with Crippen molar-refractivity contribution in [2.24, 2.45) is 5.73 Å². The number of nitrogens with zero attached hydrogens (tertiary/aromatic N) is 3. The predicted molar refractivity (Wildman–Crippen MR) is 76.4 cm³/mol. The van der Waals surface area contributed by atoms with E-state index in [4.69, 9.17) is 15.7 Å². The van der Waals surface area contributed by atoms with Gasteiger partial charge in [-0.05, 0) is 24.6 Å². The van der Waals surface area contributed by atoms with Crippen molar-refractivity contribution in [1.29, 1.82) is 5.26 Å². The monoisotopic (exact) mass is 270 g/mol. The van der Waals surface area contributed by atoms with Gasteiger partial charge >= 0.3 is 0 Å². The van der Waals surface area contributed by atoms with Crippen molar-refractivity contribution in [3.8, 4) is 11.8 Å². The van der Waals surface area contributed by atoms with Crippen LogP contribution in [-0.2, 0) is 13.0 Å². The maximum atomic E-state index is 9.08. The van der Waals surface area contributed by atoms with Crippen LogP contribution in [0.15, 0.2) is 30.7 Å². The van der Waals surface area contributed by atoms with E-state index in [1.807, 2.05) is 35.9 Å². The van der Waals surface area contributed by atoms with Crippen LogP contribution in [0.3, 0.4) is 0 Å². The number of methoxy groups -OCH3 is 1. The summed E-state index contributed by atoms with van der Waals surface area (Å²) in [5, 5.41) is 9.08. The van der Waals surface area contributed by atoms with Gasteiger partial charge in [-0.1, -0.05) is 6.07 Å². The topological polar surface area (TPSA) is 76.9 Å². The van der Waals surface area contributed by atoms with Crippen LogP contribution in [0.25, 0.3) is 0 Å². The van der Waals surface area contributed by atoms with E-state index >= 15 is 0 Å². The average molecular weight is 270 g/mol. The van der Waals surface area contributed by atoms with Crippen molar-refractivity contribution in [3.05, 3.63) is 47.5 Å². The minimum Gasteiger partial charge on any atom is -0.495 e. The van der Waals surface area contributed by atoms with Gasteiger partial charge in [-0.15, -0.1) is 0 Å². The zero-order valence-electron chi connectivity index (χ0n) is 11.7. The van der Waals surface area contributed by atoms with Crippen molar-refractivity contribution in [2.75, 3.05) is 7.11 Å². The summed E-state index contributed by atoms with van der Waals surface area (Å²) in [6.45, 7) is 2.63. The van der Waals surface area contributed by atoms with Crippen molar-refractivity contribution in [3.63, 3.8) is 0 Å². The van der Waals surface area contributed by atoms with E-state index in [0.717, 1.165) is 17.7 Å². The molecule has 2 rings (SSSR count). The van der Waals surface area contributed by atoms with Crippen LogP contribution in [0.5, 0.6) is 5.75 Å². The first kappa shape index (κ1) is 14.1. The van der Waals surface area contributed by atoms with Gasteiger partial charge in [-0.2, -0.15) is 5.26 Å². The lowest BCUT2D eigenvalue weighted by Crippen LogP contribution is -2.17. The third-order valence-corrected chi connectivity index (χ3v) is 2.97. The Kier molecular flexibility index (Phi) is 4.38. The summed E-state index contributed by atoms with van der Waals surface area (Å²) < 4.78 is 7.12. The third-order valence-electron chi connectivity index (χ3n) is 2.97. The molecule has 2 aromatic rings. The zero-order chi connectivity index (χ0) is 14.5. The SMILES string of the molecule is COc1ccc(Cn2cnc(CC(C)N)c2)cc1C#N. The Morgan fingerprint density at radius 1 is 1.50 bits per heavy atom. The molecule has 0 aliphatic carbocycles. The van der Waals surface area contributed by atoms with Gasteiger partial charge in [-0.25, -0.2) is 4.98 Å². The van der Waals surface area contributed by atoms with Crippen LogP contribution in [0.1, 0.15) is 23.7 Å². The molecule has 1 aromatic carbocycles. The lowest BCUT2D eigenvalue weighted by atomic mass is 10.1. The minimum atomic E-state index is 0.101. The quantitative estimate of drug-likeness (QED) is 0.897. The molecular formula is C15H18N4O. The molecule has 0 radical (unpaired) electrons. The summed E-state index contributed by atoms with van der Waals surface area (Å²) in [4.78, 5) is 4.32. The Labute approximate surface area is 118 Å².